The van der Waals surface area contributed by atoms with Crippen LogP contribution in [0.5, 0.6) is 0 Å². The zero-order valence-corrected chi connectivity index (χ0v) is 14.6. The summed E-state index contributed by atoms with van der Waals surface area (Å²) >= 11 is 0. The van der Waals surface area contributed by atoms with E-state index in [-0.39, 0.29) is 42.5 Å². The van der Waals surface area contributed by atoms with E-state index in [1.54, 1.807) is 6.07 Å². The molecule has 2 atom stereocenters. The van der Waals surface area contributed by atoms with Crippen LogP contribution in [-0.2, 0) is 19.2 Å². The van der Waals surface area contributed by atoms with Crippen LogP contribution >= 0.6 is 0 Å². The summed E-state index contributed by atoms with van der Waals surface area (Å²) in [6.07, 6.45) is 4.88. The predicted molar refractivity (Wildman–Crippen MR) is 94.7 cm³/mol. The third-order valence-corrected chi connectivity index (χ3v) is 4.70. The first kappa shape index (κ1) is 17.8. The van der Waals surface area contributed by atoms with E-state index in [1.165, 1.54) is 0 Å². The predicted octanol–water partition coefficient (Wildman–Crippen LogP) is 1.50. The number of hydrogen-bond donors (Lipinski definition) is 1. The average molecular weight is 355 g/mol. The van der Waals surface area contributed by atoms with Crippen molar-refractivity contribution in [3.8, 4) is 0 Å². The van der Waals surface area contributed by atoms with Gasteiger partial charge in [-0.3, -0.25) is 14.5 Å². The van der Waals surface area contributed by atoms with Crippen molar-refractivity contribution in [3.05, 3.63) is 47.5 Å². The number of nitrogens with two attached hydrogens (primary N) is 1. The average Bonchev–Trinajstić information content (AvgIpc) is 2.89. The largest absolute Gasteiger partial charge is 0.380 e. The number of rotatable bonds is 5. The van der Waals surface area contributed by atoms with E-state index in [0.29, 0.717) is 18.4 Å². The standard InChI is InChI=1S/C19H21N3O4/c1-12-5-4-6-13(11-12)17(20)21-26-16(23)9-10-22-18(24)14-7-2-3-8-15(14)19(22)25/h2-6,11,14-15H,7-10H2,1H3,(H2,20,21)/t14-,15+. The van der Waals surface area contributed by atoms with Crippen LogP contribution in [0, 0.1) is 18.8 Å². The molecule has 2 aliphatic rings. The minimum absolute atomic E-state index is 0.00334. The Morgan fingerprint density at radius 1 is 1.23 bits per heavy atom. The number of amides is 2. The number of oxime groups is 1. The number of hydrogen-bond acceptors (Lipinski definition) is 5. The van der Waals surface area contributed by atoms with Crippen molar-refractivity contribution in [1.29, 1.82) is 0 Å². The molecule has 1 heterocycles. The zero-order chi connectivity index (χ0) is 18.7. The molecular weight excluding hydrogens is 334 g/mol. The van der Waals surface area contributed by atoms with Gasteiger partial charge in [-0.2, -0.15) is 0 Å². The van der Waals surface area contributed by atoms with E-state index in [4.69, 9.17) is 10.6 Å². The molecule has 0 saturated carbocycles. The molecule has 1 aliphatic carbocycles. The third-order valence-electron chi connectivity index (χ3n) is 4.70. The molecule has 0 unspecified atom stereocenters. The van der Waals surface area contributed by atoms with Gasteiger partial charge in [0, 0.05) is 12.1 Å². The molecule has 7 nitrogen and oxygen atoms in total. The van der Waals surface area contributed by atoms with E-state index >= 15 is 0 Å². The van der Waals surface area contributed by atoms with Gasteiger partial charge in [0.15, 0.2) is 5.84 Å². The fraction of sp³-hybridized carbons (Fsp3) is 0.368. The summed E-state index contributed by atoms with van der Waals surface area (Å²) in [7, 11) is 0. The Bertz CT molecular complexity index is 774. The number of benzene rings is 1. The topological polar surface area (TPSA) is 102 Å². The van der Waals surface area contributed by atoms with Gasteiger partial charge in [-0.1, -0.05) is 41.1 Å². The normalized spacial score (nSPS) is 22.5. The molecule has 0 aromatic heterocycles. The molecule has 136 valence electrons. The number of carbonyl (C=O) groups is 3. The molecule has 1 aromatic carbocycles. The van der Waals surface area contributed by atoms with Crippen molar-refractivity contribution in [1.82, 2.24) is 4.90 Å². The summed E-state index contributed by atoms with van der Waals surface area (Å²) in [5.74, 6) is -1.56. The van der Waals surface area contributed by atoms with Crippen LogP contribution in [0.1, 0.15) is 30.4 Å². The first-order chi connectivity index (χ1) is 12.5. The number of fused-ring (bicyclic) bond motifs is 1. The number of allylic oxidation sites excluding steroid dienone is 2. The Kier molecular flexibility index (Phi) is 5.16. The van der Waals surface area contributed by atoms with Gasteiger partial charge in [-0.05, 0) is 25.8 Å². The fourth-order valence-electron chi connectivity index (χ4n) is 3.30. The van der Waals surface area contributed by atoms with Gasteiger partial charge >= 0.3 is 5.97 Å². The maximum Gasteiger partial charge on any atom is 0.336 e. The molecular formula is C19H21N3O4. The van der Waals surface area contributed by atoms with Crippen molar-refractivity contribution in [2.75, 3.05) is 6.54 Å². The molecule has 2 amide bonds. The van der Waals surface area contributed by atoms with E-state index in [2.05, 4.69) is 5.16 Å². The van der Waals surface area contributed by atoms with Crippen LogP contribution in [0.3, 0.4) is 0 Å². The van der Waals surface area contributed by atoms with Crippen LogP contribution in [0.15, 0.2) is 41.6 Å². The van der Waals surface area contributed by atoms with Crippen molar-refractivity contribution >= 4 is 23.6 Å². The van der Waals surface area contributed by atoms with Crippen LogP contribution in [0.4, 0.5) is 0 Å². The van der Waals surface area contributed by atoms with Gasteiger partial charge in [0.05, 0.1) is 18.3 Å². The lowest BCUT2D eigenvalue weighted by Crippen LogP contribution is -2.33. The minimum atomic E-state index is -0.644. The molecule has 3 rings (SSSR count). The Hall–Kier alpha value is -2.96. The van der Waals surface area contributed by atoms with Gasteiger partial charge in [0.25, 0.3) is 0 Å². The highest BCUT2D eigenvalue weighted by molar-refractivity contribution is 6.05. The number of amidine groups is 1. The van der Waals surface area contributed by atoms with Gasteiger partial charge in [-0.25, -0.2) is 4.79 Å². The van der Waals surface area contributed by atoms with Gasteiger partial charge in [0.2, 0.25) is 11.8 Å². The van der Waals surface area contributed by atoms with Crippen molar-refractivity contribution in [2.45, 2.75) is 26.2 Å². The highest BCUT2D eigenvalue weighted by Gasteiger charge is 2.46. The second-order valence-electron chi connectivity index (χ2n) is 6.54. The lowest BCUT2D eigenvalue weighted by molar-refractivity contribution is -0.145. The van der Waals surface area contributed by atoms with Gasteiger partial charge in [-0.15, -0.1) is 0 Å². The minimum Gasteiger partial charge on any atom is -0.380 e. The molecule has 7 heteroatoms. The van der Waals surface area contributed by atoms with E-state index in [0.717, 1.165) is 10.5 Å². The SMILES string of the molecule is Cc1cccc(/C(N)=N\OC(=O)CCN2C(=O)[C@H]3CC=CC[C@H]3C2=O)c1. The Morgan fingerprint density at radius 3 is 2.50 bits per heavy atom. The first-order valence-electron chi connectivity index (χ1n) is 8.58. The molecule has 0 spiro atoms. The van der Waals surface area contributed by atoms with Crippen molar-refractivity contribution in [3.63, 3.8) is 0 Å². The van der Waals surface area contributed by atoms with E-state index < -0.39 is 5.97 Å². The van der Waals surface area contributed by atoms with E-state index in [1.807, 2.05) is 37.3 Å². The summed E-state index contributed by atoms with van der Waals surface area (Å²) in [4.78, 5) is 42.5. The number of aryl methyl sites for hydroxylation is 1. The molecule has 0 bridgehead atoms. The highest BCUT2D eigenvalue weighted by Crippen LogP contribution is 2.34. The van der Waals surface area contributed by atoms with Crippen LogP contribution < -0.4 is 5.73 Å². The number of carbonyl (C=O) groups excluding carboxylic acids is 3. The monoisotopic (exact) mass is 355 g/mol. The summed E-state index contributed by atoms with van der Waals surface area (Å²) in [5, 5.41) is 3.64. The smallest absolute Gasteiger partial charge is 0.336 e. The molecule has 1 saturated heterocycles. The van der Waals surface area contributed by atoms with E-state index in [9.17, 15) is 14.4 Å². The first-order valence-corrected chi connectivity index (χ1v) is 8.58. The number of imide groups is 1. The zero-order valence-electron chi connectivity index (χ0n) is 14.6. The lowest BCUT2D eigenvalue weighted by Gasteiger charge is -2.14. The Balaban J connectivity index is 1.54. The van der Waals surface area contributed by atoms with Crippen LogP contribution in [0.2, 0.25) is 0 Å². The molecule has 26 heavy (non-hydrogen) atoms. The summed E-state index contributed by atoms with van der Waals surface area (Å²) < 4.78 is 0. The van der Waals surface area contributed by atoms with Gasteiger partial charge < -0.3 is 10.6 Å². The quantitative estimate of drug-likeness (QED) is 0.215. The third kappa shape index (κ3) is 3.66. The number of nitrogens with zero attached hydrogens (tertiary/aromatic N) is 2. The fourth-order valence-corrected chi connectivity index (χ4v) is 3.30. The summed E-state index contributed by atoms with van der Waals surface area (Å²) in [5.41, 5.74) is 7.46. The molecule has 1 fully saturated rings. The maximum absolute atomic E-state index is 12.3. The highest BCUT2D eigenvalue weighted by atomic mass is 16.7. The summed E-state index contributed by atoms with van der Waals surface area (Å²) in [6, 6.07) is 7.33. The van der Waals surface area contributed by atoms with Gasteiger partial charge in [0.1, 0.15) is 0 Å². The molecule has 1 aromatic rings. The number of likely N-dealkylation sites (tertiary alicyclic amines) is 1. The molecule has 2 N–H and O–H groups in total. The molecule has 0 radical (unpaired) electrons. The Labute approximate surface area is 151 Å². The lowest BCUT2D eigenvalue weighted by atomic mass is 9.85. The second-order valence-corrected chi connectivity index (χ2v) is 6.54. The van der Waals surface area contributed by atoms with Crippen molar-refractivity contribution < 1.29 is 19.2 Å². The Morgan fingerprint density at radius 2 is 1.88 bits per heavy atom. The van der Waals surface area contributed by atoms with Crippen LogP contribution in [-0.4, -0.2) is 35.1 Å². The second kappa shape index (κ2) is 7.51. The molecule has 1 aliphatic heterocycles. The van der Waals surface area contributed by atoms with Crippen molar-refractivity contribution in [2.24, 2.45) is 22.7 Å². The van der Waals surface area contributed by atoms with Crippen LogP contribution in [0.25, 0.3) is 0 Å². The summed E-state index contributed by atoms with van der Waals surface area (Å²) in [6.45, 7) is 1.92. The maximum atomic E-state index is 12.3.